The first-order chi connectivity index (χ1) is 12.8. The van der Waals surface area contributed by atoms with Crippen LogP contribution in [0, 0.1) is 0 Å². The van der Waals surface area contributed by atoms with Gasteiger partial charge in [0.05, 0.1) is 5.56 Å². The highest BCUT2D eigenvalue weighted by atomic mass is 35.5. The molecule has 1 aliphatic heterocycles. The fraction of sp³-hybridized carbons (Fsp3) is 0.556. The van der Waals surface area contributed by atoms with Crippen molar-refractivity contribution < 1.29 is 27.5 Å². The second-order valence-electron chi connectivity index (χ2n) is 6.39. The van der Waals surface area contributed by atoms with Crippen LogP contribution in [0.4, 0.5) is 13.2 Å². The molecule has 0 spiro atoms. The van der Waals surface area contributed by atoms with Gasteiger partial charge in [-0.1, -0.05) is 6.07 Å². The van der Waals surface area contributed by atoms with Gasteiger partial charge in [-0.2, -0.15) is 13.2 Å². The average molecular weight is 424 g/mol. The van der Waals surface area contributed by atoms with Crippen molar-refractivity contribution in [3.8, 4) is 5.75 Å². The zero-order valence-corrected chi connectivity index (χ0v) is 16.2. The van der Waals surface area contributed by atoms with Gasteiger partial charge in [-0.05, 0) is 37.5 Å². The highest BCUT2D eigenvalue weighted by Crippen LogP contribution is 2.31. The van der Waals surface area contributed by atoms with Gasteiger partial charge in [0, 0.05) is 32.1 Å². The van der Waals surface area contributed by atoms with Crippen LogP contribution in [-0.2, 0) is 15.8 Å². The maximum atomic E-state index is 12.7. The lowest BCUT2D eigenvalue weighted by Gasteiger charge is -2.35. The minimum Gasteiger partial charge on any atom is -0.484 e. The van der Waals surface area contributed by atoms with Crippen LogP contribution in [0.3, 0.4) is 0 Å². The summed E-state index contributed by atoms with van der Waals surface area (Å²) >= 11 is 0. The van der Waals surface area contributed by atoms with Crippen molar-refractivity contribution >= 4 is 24.2 Å². The second kappa shape index (κ2) is 11.1. The van der Waals surface area contributed by atoms with Crippen LogP contribution in [0.25, 0.3) is 0 Å². The third-order valence-electron chi connectivity index (χ3n) is 4.38. The van der Waals surface area contributed by atoms with Crippen LogP contribution in [0.5, 0.6) is 5.75 Å². The maximum absolute atomic E-state index is 12.7. The van der Waals surface area contributed by atoms with Crippen molar-refractivity contribution in [1.82, 2.24) is 10.2 Å². The van der Waals surface area contributed by atoms with Crippen LogP contribution in [-0.4, -0.2) is 49.0 Å². The highest BCUT2D eigenvalue weighted by molar-refractivity contribution is 5.85. The Morgan fingerprint density at radius 2 is 2.04 bits per heavy atom. The molecule has 1 unspecified atom stereocenters. The van der Waals surface area contributed by atoms with Crippen molar-refractivity contribution in [2.75, 3.05) is 26.2 Å². The number of alkyl halides is 3. The van der Waals surface area contributed by atoms with Gasteiger partial charge >= 0.3 is 6.18 Å². The molecule has 3 N–H and O–H groups in total. The number of nitrogens with one attached hydrogen (secondary N) is 1. The number of nitrogens with zero attached hydrogens (tertiary/aromatic N) is 1. The van der Waals surface area contributed by atoms with E-state index in [4.69, 9.17) is 10.5 Å². The fourth-order valence-corrected chi connectivity index (χ4v) is 2.98. The van der Waals surface area contributed by atoms with Crippen LogP contribution >= 0.6 is 12.4 Å². The summed E-state index contributed by atoms with van der Waals surface area (Å²) in [5.41, 5.74) is 4.51. The molecular formula is C18H25ClF3N3O3. The lowest BCUT2D eigenvalue weighted by Crippen LogP contribution is -2.50. The van der Waals surface area contributed by atoms with E-state index in [1.54, 1.807) is 4.90 Å². The molecule has 0 aliphatic carbocycles. The van der Waals surface area contributed by atoms with Gasteiger partial charge in [0.25, 0.3) is 5.91 Å². The van der Waals surface area contributed by atoms with E-state index in [9.17, 15) is 22.8 Å². The Morgan fingerprint density at radius 3 is 2.71 bits per heavy atom. The lowest BCUT2D eigenvalue weighted by atomic mass is 10.0. The molecule has 2 rings (SSSR count). The molecule has 1 fully saturated rings. The number of hydrogen-bond donors (Lipinski definition) is 2. The first-order valence-corrected chi connectivity index (χ1v) is 8.87. The number of likely N-dealkylation sites (tertiary alicyclic amines) is 1. The second-order valence-corrected chi connectivity index (χ2v) is 6.39. The van der Waals surface area contributed by atoms with E-state index in [-0.39, 0.29) is 55.6 Å². The predicted octanol–water partition coefficient (Wildman–Crippen LogP) is 2.35. The summed E-state index contributed by atoms with van der Waals surface area (Å²) in [5, 5.41) is 2.76. The molecule has 6 nitrogen and oxygen atoms in total. The average Bonchev–Trinajstić information content (AvgIpc) is 2.64. The maximum Gasteiger partial charge on any atom is 0.416 e. The summed E-state index contributed by atoms with van der Waals surface area (Å²) in [6, 6.07) is 4.27. The monoisotopic (exact) mass is 423 g/mol. The van der Waals surface area contributed by atoms with Gasteiger partial charge in [-0.3, -0.25) is 9.59 Å². The minimum atomic E-state index is -4.47. The standard InChI is InChI=1S/C18H24F3N3O3.ClH/c19-18(20,21)13-4-3-6-15(10-13)27-12-17(26)24-9-2-1-5-14(24)11-23-16(25)7-8-22;/h3-4,6,10,14H,1-2,5,7-9,11-12,22H2,(H,23,25);1H. The number of ether oxygens (including phenoxy) is 1. The molecule has 0 radical (unpaired) electrons. The van der Waals surface area contributed by atoms with Crippen molar-refractivity contribution in [3.63, 3.8) is 0 Å². The van der Waals surface area contributed by atoms with Crippen LogP contribution in [0.2, 0.25) is 0 Å². The first kappa shape index (κ1) is 24.0. The predicted molar refractivity (Wildman–Crippen MR) is 100 cm³/mol. The Labute approximate surface area is 168 Å². The van der Waals surface area contributed by atoms with Gasteiger partial charge in [-0.25, -0.2) is 0 Å². The summed E-state index contributed by atoms with van der Waals surface area (Å²) in [6.45, 7) is 0.759. The topological polar surface area (TPSA) is 84.7 Å². The molecular weight excluding hydrogens is 399 g/mol. The Morgan fingerprint density at radius 1 is 1.29 bits per heavy atom. The molecule has 10 heteroatoms. The molecule has 1 atom stereocenters. The Hall–Kier alpha value is -2.00. The normalized spacial score (nSPS) is 16.9. The van der Waals surface area contributed by atoms with Crippen molar-refractivity contribution in [1.29, 1.82) is 0 Å². The SMILES string of the molecule is Cl.NCCC(=O)NCC1CCCCN1C(=O)COc1cccc(C(F)(F)F)c1. The van der Waals surface area contributed by atoms with Gasteiger partial charge in [0.1, 0.15) is 5.75 Å². The summed E-state index contributed by atoms with van der Waals surface area (Å²) in [7, 11) is 0. The van der Waals surface area contributed by atoms with Crippen molar-refractivity contribution in [2.45, 2.75) is 37.9 Å². The van der Waals surface area contributed by atoms with E-state index in [1.807, 2.05) is 0 Å². The van der Waals surface area contributed by atoms with Gasteiger partial charge in [-0.15, -0.1) is 12.4 Å². The van der Waals surface area contributed by atoms with E-state index < -0.39 is 11.7 Å². The molecule has 0 bridgehead atoms. The number of carbonyl (C=O) groups excluding carboxylic acids is 2. The largest absolute Gasteiger partial charge is 0.484 e. The van der Waals surface area contributed by atoms with Crippen molar-refractivity contribution in [3.05, 3.63) is 29.8 Å². The minimum absolute atomic E-state index is 0. The number of piperidine rings is 1. The number of nitrogens with two attached hydrogens (primary N) is 1. The van der Waals surface area contributed by atoms with E-state index in [1.165, 1.54) is 12.1 Å². The van der Waals surface area contributed by atoms with Crippen LogP contribution in [0.15, 0.2) is 24.3 Å². The summed E-state index contributed by atoms with van der Waals surface area (Å²) < 4.78 is 43.5. The highest BCUT2D eigenvalue weighted by Gasteiger charge is 2.31. The number of hydrogen-bond acceptors (Lipinski definition) is 4. The fourth-order valence-electron chi connectivity index (χ4n) is 2.98. The molecule has 2 amide bonds. The summed E-state index contributed by atoms with van der Waals surface area (Å²) in [6.07, 6.45) is -1.72. The van der Waals surface area contributed by atoms with Crippen LogP contribution < -0.4 is 15.8 Å². The quantitative estimate of drug-likeness (QED) is 0.705. The molecule has 1 aliphatic rings. The van der Waals surface area contributed by atoms with E-state index >= 15 is 0 Å². The zero-order chi connectivity index (χ0) is 19.9. The molecule has 0 aromatic heterocycles. The first-order valence-electron chi connectivity index (χ1n) is 8.87. The third kappa shape index (κ3) is 7.20. The Bertz CT molecular complexity index is 658. The number of halogens is 4. The molecule has 1 aromatic rings. The number of benzene rings is 1. The number of amides is 2. The van der Waals surface area contributed by atoms with E-state index in [0.717, 1.165) is 31.4 Å². The molecule has 1 heterocycles. The summed E-state index contributed by atoms with van der Waals surface area (Å²) in [5.74, 6) is -0.496. The van der Waals surface area contributed by atoms with Gasteiger partial charge in [0.2, 0.25) is 5.91 Å². The van der Waals surface area contributed by atoms with Crippen molar-refractivity contribution in [2.24, 2.45) is 5.73 Å². The molecule has 1 aromatic carbocycles. The molecule has 28 heavy (non-hydrogen) atoms. The third-order valence-corrected chi connectivity index (χ3v) is 4.38. The molecule has 0 saturated carbocycles. The number of rotatable bonds is 7. The van der Waals surface area contributed by atoms with Gasteiger partial charge < -0.3 is 20.7 Å². The molecule has 158 valence electrons. The summed E-state index contributed by atoms with van der Waals surface area (Å²) in [4.78, 5) is 25.7. The Balaban J connectivity index is 0.00000392. The zero-order valence-electron chi connectivity index (χ0n) is 15.3. The smallest absolute Gasteiger partial charge is 0.416 e. The number of carbonyl (C=O) groups is 2. The molecule has 1 saturated heterocycles. The van der Waals surface area contributed by atoms with Gasteiger partial charge in [0.15, 0.2) is 6.61 Å². The lowest BCUT2D eigenvalue weighted by molar-refractivity contribution is -0.138. The Kier molecular flexibility index (Phi) is 9.54. The van der Waals surface area contributed by atoms with Crippen LogP contribution in [0.1, 0.15) is 31.2 Å². The van der Waals surface area contributed by atoms with E-state index in [0.29, 0.717) is 13.1 Å². The van der Waals surface area contributed by atoms with E-state index in [2.05, 4.69) is 5.32 Å².